The van der Waals surface area contributed by atoms with Gasteiger partial charge in [-0.25, -0.2) is 4.79 Å². The minimum atomic E-state index is -5.30. The number of quaternary nitrogens is 1. The van der Waals surface area contributed by atoms with E-state index < -0.39 is 46.0 Å². The fraction of sp³-hybridized carbons (Fsp3) is 0.550. The van der Waals surface area contributed by atoms with Crippen LogP contribution in [0, 0.1) is 5.41 Å². The van der Waals surface area contributed by atoms with Crippen molar-refractivity contribution in [2.24, 2.45) is 5.41 Å². The van der Waals surface area contributed by atoms with E-state index in [9.17, 15) is 35.9 Å². The number of rotatable bonds is 4. The van der Waals surface area contributed by atoms with Crippen molar-refractivity contribution in [2.45, 2.75) is 39.2 Å². The molecule has 0 aromatic carbocycles. The third kappa shape index (κ3) is 5.12. The summed E-state index contributed by atoms with van der Waals surface area (Å²) in [6, 6.07) is 2.10. The molecule has 3 heterocycles. The Morgan fingerprint density at radius 1 is 1.12 bits per heavy atom. The van der Waals surface area contributed by atoms with Crippen molar-refractivity contribution >= 4 is 23.3 Å². The summed E-state index contributed by atoms with van der Waals surface area (Å²) in [6.07, 6.45) is -8.72. The van der Waals surface area contributed by atoms with E-state index in [2.05, 4.69) is 4.98 Å². The SMILES string of the molecule is CC(C)(C)[C@H](NC(=O)c1nc([N+]2(OC(=O)C(F)(F)F)CCOCC2)n2ccccc12)C(F)(F)F. The summed E-state index contributed by atoms with van der Waals surface area (Å²) in [5.74, 6) is -3.93. The minimum absolute atomic E-state index is 0.0249. The maximum Gasteiger partial charge on any atom is 0.497 e. The predicted octanol–water partition coefficient (Wildman–Crippen LogP) is 3.40. The maximum absolute atomic E-state index is 13.6. The largest absolute Gasteiger partial charge is 0.497 e. The number of imidazole rings is 1. The van der Waals surface area contributed by atoms with Crippen molar-refractivity contribution in [3.63, 3.8) is 0 Å². The van der Waals surface area contributed by atoms with Crippen LogP contribution in [0.25, 0.3) is 5.52 Å². The molecule has 1 amide bonds. The normalized spacial score (nSPS) is 17.9. The summed E-state index contributed by atoms with van der Waals surface area (Å²) in [4.78, 5) is 33.6. The molecule has 0 saturated carbocycles. The average molecular weight is 497 g/mol. The number of ether oxygens (including phenoxy) is 1. The number of hydrogen-bond acceptors (Lipinski definition) is 5. The van der Waals surface area contributed by atoms with E-state index in [4.69, 9.17) is 9.57 Å². The Balaban J connectivity index is 2.10. The van der Waals surface area contributed by atoms with Crippen molar-refractivity contribution < 1.29 is 45.5 Å². The highest BCUT2D eigenvalue weighted by molar-refractivity contribution is 6.00. The molecule has 0 unspecified atom stereocenters. The van der Waals surface area contributed by atoms with Crippen LogP contribution in [0.1, 0.15) is 31.3 Å². The number of fused-ring (bicyclic) bond motifs is 1. The number of alkyl halides is 6. The van der Waals surface area contributed by atoms with Gasteiger partial charge < -0.3 is 10.1 Å². The highest BCUT2D eigenvalue weighted by Crippen LogP contribution is 2.34. The number of halogens is 6. The molecule has 188 valence electrons. The van der Waals surface area contributed by atoms with Crippen molar-refractivity contribution in [1.82, 2.24) is 19.3 Å². The molecule has 0 spiro atoms. The summed E-state index contributed by atoms with van der Waals surface area (Å²) in [7, 11) is 0. The van der Waals surface area contributed by atoms with Gasteiger partial charge in [-0.15, -0.1) is 0 Å². The lowest BCUT2D eigenvalue weighted by Gasteiger charge is -2.34. The van der Waals surface area contributed by atoms with E-state index in [1.165, 1.54) is 49.6 Å². The summed E-state index contributed by atoms with van der Waals surface area (Å²) in [5, 5.41) is 1.94. The molecule has 3 rings (SSSR count). The molecule has 8 nitrogen and oxygen atoms in total. The molecule has 14 heteroatoms. The Bertz CT molecular complexity index is 1050. The molecule has 1 atom stereocenters. The van der Waals surface area contributed by atoms with Gasteiger partial charge in [-0.05, 0) is 17.5 Å². The van der Waals surface area contributed by atoms with Crippen LogP contribution >= 0.6 is 0 Å². The van der Waals surface area contributed by atoms with E-state index in [-0.39, 0.29) is 37.8 Å². The molecule has 34 heavy (non-hydrogen) atoms. The standard InChI is InChI=1S/C20H22F6N4O4/c1-18(2,3)15(19(21,22)23)28-14(31)13-12-6-4-5-7-29(12)17(27-13)30(8-10-33-11-9-30)34-16(32)20(24,25)26/h4-7,15H,8-11H2,1-3H3/p+1/t15-/m0/s1. The average Bonchev–Trinajstić information content (AvgIpc) is 3.10. The number of carbonyl (C=O) groups excluding carboxylic acids is 2. The molecule has 1 saturated heterocycles. The maximum atomic E-state index is 13.6. The van der Waals surface area contributed by atoms with Gasteiger partial charge in [0, 0.05) is 6.20 Å². The second-order valence-corrected chi connectivity index (χ2v) is 8.86. The van der Waals surface area contributed by atoms with Crippen LogP contribution in [0.3, 0.4) is 0 Å². The highest BCUT2D eigenvalue weighted by atomic mass is 19.4. The lowest BCUT2D eigenvalue weighted by atomic mass is 9.86. The van der Waals surface area contributed by atoms with Gasteiger partial charge in [0.15, 0.2) is 18.8 Å². The molecule has 0 aliphatic carbocycles. The highest BCUT2D eigenvalue weighted by Gasteiger charge is 2.52. The quantitative estimate of drug-likeness (QED) is 0.518. The zero-order valence-corrected chi connectivity index (χ0v) is 18.5. The summed E-state index contributed by atoms with van der Waals surface area (Å²) in [6.45, 7) is 3.20. The topological polar surface area (TPSA) is 81.9 Å². The van der Waals surface area contributed by atoms with Crippen LogP contribution in [0.5, 0.6) is 0 Å². The fourth-order valence-electron chi connectivity index (χ4n) is 3.65. The molecule has 1 N–H and O–H groups in total. The van der Waals surface area contributed by atoms with Crippen molar-refractivity contribution in [3.05, 3.63) is 30.1 Å². The van der Waals surface area contributed by atoms with Gasteiger partial charge in [0.2, 0.25) is 0 Å². The molecule has 0 bridgehead atoms. The number of nitrogens with zero attached hydrogens (tertiary/aromatic N) is 3. The Kier molecular flexibility index (Phi) is 6.61. The van der Waals surface area contributed by atoms with Gasteiger partial charge in [-0.1, -0.05) is 31.5 Å². The third-order valence-corrected chi connectivity index (χ3v) is 5.26. The Hall–Kier alpha value is -2.87. The molecule has 2 aromatic rings. The second-order valence-electron chi connectivity index (χ2n) is 8.86. The van der Waals surface area contributed by atoms with Crippen molar-refractivity contribution in [1.29, 1.82) is 0 Å². The zero-order valence-electron chi connectivity index (χ0n) is 18.5. The molecule has 1 fully saturated rings. The number of carbonyl (C=O) groups is 2. The number of hydroxylamine groups is 2. The van der Waals surface area contributed by atoms with Crippen LogP contribution in [-0.2, 0) is 14.4 Å². The molecular weight excluding hydrogens is 474 g/mol. The molecule has 1 aliphatic heterocycles. The third-order valence-electron chi connectivity index (χ3n) is 5.26. The molecule has 1 aliphatic rings. The summed E-state index contributed by atoms with van der Waals surface area (Å²) >= 11 is 0. The lowest BCUT2D eigenvalue weighted by molar-refractivity contribution is -0.244. The molecule has 0 radical (unpaired) electrons. The van der Waals surface area contributed by atoms with Crippen LogP contribution in [-0.4, -0.2) is 66.0 Å². The Labute approximate surface area is 190 Å². The second kappa shape index (κ2) is 8.73. The monoisotopic (exact) mass is 497 g/mol. The zero-order chi connectivity index (χ0) is 25.5. The number of hydrogen-bond donors (Lipinski definition) is 1. The van der Waals surface area contributed by atoms with Gasteiger partial charge in [0.25, 0.3) is 5.91 Å². The predicted molar refractivity (Wildman–Crippen MR) is 106 cm³/mol. The lowest BCUT2D eigenvalue weighted by Crippen LogP contribution is -2.59. The molecule has 2 aromatic heterocycles. The van der Waals surface area contributed by atoms with Crippen molar-refractivity contribution in [2.75, 3.05) is 26.3 Å². The van der Waals surface area contributed by atoms with Crippen molar-refractivity contribution in [3.8, 4) is 0 Å². The van der Waals surface area contributed by atoms with Crippen LogP contribution < -0.4 is 9.96 Å². The summed E-state index contributed by atoms with van der Waals surface area (Å²) < 4.78 is 85.1. The van der Waals surface area contributed by atoms with Crippen LogP contribution in [0.4, 0.5) is 32.3 Å². The van der Waals surface area contributed by atoms with Gasteiger partial charge in [-0.3, -0.25) is 14.0 Å². The first-order valence-corrected chi connectivity index (χ1v) is 10.2. The Morgan fingerprint density at radius 2 is 1.74 bits per heavy atom. The first kappa shape index (κ1) is 25.7. The number of amides is 1. The number of morpholine rings is 1. The van der Waals surface area contributed by atoms with Gasteiger partial charge in [-0.2, -0.15) is 31.3 Å². The Morgan fingerprint density at radius 3 is 2.26 bits per heavy atom. The minimum Gasteiger partial charge on any atom is -0.369 e. The number of pyridine rings is 1. The fourth-order valence-corrected chi connectivity index (χ4v) is 3.65. The summed E-state index contributed by atoms with van der Waals surface area (Å²) in [5.41, 5.74) is -1.83. The number of nitrogens with one attached hydrogen (secondary N) is 1. The molecular formula is C20H23F6N4O4+. The van der Waals surface area contributed by atoms with E-state index in [0.29, 0.717) is 0 Å². The van der Waals surface area contributed by atoms with Gasteiger partial charge in [0.05, 0.1) is 5.52 Å². The first-order chi connectivity index (χ1) is 15.6. The first-order valence-electron chi connectivity index (χ1n) is 10.2. The van der Waals surface area contributed by atoms with Crippen LogP contribution in [0.15, 0.2) is 24.4 Å². The van der Waals surface area contributed by atoms with E-state index in [1.807, 2.05) is 5.32 Å². The van der Waals surface area contributed by atoms with E-state index in [0.717, 1.165) is 0 Å². The smallest absolute Gasteiger partial charge is 0.369 e. The number of aromatic nitrogens is 2. The van der Waals surface area contributed by atoms with E-state index in [1.54, 1.807) is 0 Å². The van der Waals surface area contributed by atoms with Crippen LogP contribution in [0.2, 0.25) is 0 Å². The van der Waals surface area contributed by atoms with Gasteiger partial charge >= 0.3 is 24.3 Å². The van der Waals surface area contributed by atoms with Gasteiger partial charge in [0.1, 0.15) is 19.3 Å². The van der Waals surface area contributed by atoms with E-state index >= 15 is 0 Å².